The largest absolute Gasteiger partial charge is 0.480 e. The van der Waals surface area contributed by atoms with E-state index in [1.165, 1.54) is 37.8 Å². The Labute approximate surface area is 159 Å². The lowest BCUT2D eigenvalue weighted by Gasteiger charge is -2.35. The van der Waals surface area contributed by atoms with Gasteiger partial charge in [0.15, 0.2) is 6.10 Å². The highest BCUT2D eigenvalue weighted by Crippen LogP contribution is 2.22. The molecule has 146 valence electrons. The Hall–Kier alpha value is -1.55. The number of nitrogens with zero attached hydrogens (tertiary/aromatic N) is 1. The van der Waals surface area contributed by atoms with Gasteiger partial charge in [-0.2, -0.15) is 0 Å². The molecule has 2 atom stereocenters. The number of carbonyl (C=O) groups is 1. The zero-order chi connectivity index (χ0) is 18.9. The standard InChI is InChI=1S/C22H36N2O2/c1-5-19-12-7-8-15-24(19)16-10-14-23-22(25)20(6-2)26-21-13-9-11-17(3)18(21)4/h9,11,13,19-20H,5-8,10,12,14-16H2,1-4H3,(H,23,25)/t19-,20+/m1/s1. The normalized spacial score (nSPS) is 19.2. The van der Waals surface area contributed by atoms with Gasteiger partial charge < -0.3 is 15.0 Å². The van der Waals surface area contributed by atoms with Gasteiger partial charge in [0.1, 0.15) is 5.75 Å². The van der Waals surface area contributed by atoms with Gasteiger partial charge in [0.2, 0.25) is 0 Å². The molecule has 4 nitrogen and oxygen atoms in total. The molecular formula is C22H36N2O2. The zero-order valence-electron chi connectivity index (χ0n) is 17.0. The van der Waals surface area contributed by atoms with Crippen LogP contribution in [-0.2, 0) is 4.79 Å². The van der Waals surface area contributed by atoms with E-state index in [0.29, 0.717) is 6.42 Å². The maximum atomic E-state index is 12.5. The van der Waals surface area contributed by atoms with Gasteiger partial charge in [0, 0.05) is 19.1 Å². The van der Waals surface area contributed by atoms with Crippen LogP contribution in [0.4, 0.5) is 0 Å². The molecule has 1 heterocycles. The van der Waals surface area contributed by atoms with Crippen molar-refractivity contribution in [3.05, 3.63) is 29.3 Å². The molecule has 1 aromatic carbocycles. The van der Waals surface area contributed by atoms with Gasteiger partial charge in [0.05, 0.1) is 0 Å². The maximum Gasteiger partial charge on any atom is 0.261 e. The van der Waals surface area contributed by atoms with Crippen molar-refractivity contribution in [1.29, 1.82) is 0 Å². The summed E-state index contributed by atoms with van der Waals surface area (Å²) in [6, 6.07) is 6.72. The molecule has 1 aliphatic rings. The number of aryl methyl sites for hydroxylation is 1. The van der Waals surface area contributed by atoms with Crippen LogP contribution in [0.2, 0.25) is 0 Å². The van der Waals surface area contributed by atoms with Gasteiger partial charge in [-0.15, -0.1) is 0 Å². The van der Waals surface area contributed by atoms with E-state index in [1.54, 1.807) is 0 Å². The Bertz CT molecular complexity index is 573. The highest BCUT2D eigenvalue weighted by atomic mass is 16.5. The lowest BCUT2D eigenvalue weighted by atomic mass is 10.00. The number of amides is 1. The average Bonchev–Trinajstić information content (AvgIpc) is 2.66. The van der Waals surface area contributed by atoms with Gasteiger partial charge in [-0.1, -0.05) is 32.4 Å². The molecule has 1 aliphatic heterocycles. The van der Waals surface area contributed by atoms with Crippen LogP contribution in [0.5, 0.6) is 5.75 Å². The summed E-state index contributed by atoms with van der Waals surface area (Å²) < 4.78 is 6.00. The van der Waals surface area contributed by atoms with Crippen LogP contribution in [0.3, 0.4) is 0 Å². The van der Waals surface area contributed by atoms with E-state index in [-0.39, 0.29) is 5.91 Å². The minimum absolute atomic E-state index is 0.000841. The van der Waals surface area contributed by atoms with Crippen molar-refractivity contribution in [1.82, 2.24) is 10.2 Å². The van der Waals surface area contributed by atoms with E-state index in [2.05, 4.69) is 30.1 Å². The average molecular weight is 361 g/mol. The van der Waals surface area contributed by atoms with Crippen LogP contribution >= 0.6 is 0 Å². The topological polar surface area (TPSA) is 41.6 Å². The van der Waals surface area contributed by atoms with Gasteiger partial charge >= 0.3 is 0 Å². The van der Waals surface area contributed by atoms with Crippen molar-refractivity contribution in [2.24, 2.45) is 0 Å². The molecule has 1 fully saturated rings. The highest BCUT2D eigenvalue weighted by Gasteiger charge is 2.21. The zero-order valence-corrected chi connectivity index (χ0v) is 17.0. The molecule has 2 rings (SSSR count). The molecule has 1 amide bonds. The minimum Gasteiger partial charge on any atom is -0.480 e. The monoisotopic (exact) mass is 360 g/mol. The lowest BCUT2D eigenvalue weighted by Crippen LogP contribution is -2.42. The Kier molecular flexibility index (Phi) is 8.43. The molecule has 0 unspecified atom stereocenters. The Balaban J connectivity index is 1.77. The molecule has 1 N–H and O–H groups in total. The van der Waals surface area contributed by atoms with Crippen molar-refractivity contribution in [2.75, 3.05) is 19.6 Å². The predicted octanol–water partition coefficient (Wildman–Crippen LogP) is 4.23. The third-order valence-corrected chi connectivity index (χ3v) is 5.63. The number of likely N-dealkylation sites (tertiary alicyclic amines) is 1. The molecule has 26 heavy (non-hydrogen) atoms. The second-order valence-electron chi connectivity index (χ2n) is 7.45. The molecular weight excluding hydrogens is 324 g/mol. The number of piperidine rings is 1. The minimum atomic E-state index is -0.422. The van der Waals surface area contributed by atoms with Crippen LogP contribution in [0.1, 0.15) is 63.5 Å². The highest BCUT2D eigenvalue weighted by molar-refractivity contribution is 5.81. The van der Waals surface area contributed by atoms with Gasteiger partial charge in [0.25, 0.3) is 5.91 Å². The van der Waals surface area contributed by atoms with Crippen molar-refractivity contribution in [3.8, 4) is 5.75 Å². The summed E-state index contributed by atoms with van der Waals surface area (Å²) in [5, 5.41) is 3.07. The van der Waals surface area contributed by atoms with Crippen molar-refractivity contribution in [3.63, 3.8) is 0 Å². The fourth-order valence-electron chi connectivity index (χ4n) is 3.75. The number of rotatable bonds is 9. The van der Waals surface area contributed by atoms with Gasteiger partial charge in [-0.25, -0.2) is 0 Å². The number of hydrogen-bond donors (Lipinski definition) is 1. The fourth-order valence-corrected chi connectivity index (χ4v) is 3.75. The molecule has 0 aliphatic carbocycles. The van der Waals surface area contributed by atoms with Crippen molar-refractivity contribution < 1.29 is 9.53 Å². The molecule has 4 heteroatoms. The predicted molar refractivity (Wildman–Crippen MR) is 108 cm³/mol. The molecule has 0 spiro atoms. The molecule has 0 saturated carbocycles. The van der Waals surface area contributed by atoms with E-state index in [0.717, 1.165) is 36.9 Å². The summed E-state index contributed by atoms with van der Waals surface area (Å²) in [6.07, 6.45) is 6.47. The first-order valence-electron chi connectivity index (χ1n) is 10.3. The van der Waals surface area contributed by atoms with E-state index in [4.69, 9.17) is 4.74 Å². The molecule has 1 saturated heterocycles. The van der Waals surface area contributed by atoms with Gasteiger partial charge in [-0.05, 0) is 69.7 Å². The molecule has 0 aromatic heterocycles. The van der Waals surface area contributed by atoms with E-state index < -0.39 is 6.10 Å². The van der Waals surface area contributed by atoms with Crippen LogP contribution in [0.25, 0.3) is 0 Å². The SMILES string of the molecule is CC[C@@H]1CCCCN1CCCNC(=O)[C@H](CC)Oc1cccc(C)c1C. The molecule has 0 bridgehead atoms. The third-order valence-electron chi connectivity index (χ3n) is 5.63. The third kappa shape index (κ3) is 5.73. The number of ether oxygens (including phenoxy) is 1. The quantitative estimate of drug-likeness (QED) is 0.670. The van der Waals surface area contributed by atoms with Crippen LogP contribution in [0.15, 0.2) is 18.2 Å². The summed E-state index contributed by atoms with van der Waals surface area (Å²) in [5.74, 6) is 0.810. The van der Waals surface area contributed by atoms with Crippen LogP contribution in [0, 0.1) is 13.8 Å². The summed E-state index contributed by atoms with van der Waals surface area (Å²) in [4.78, 5) is 15.1. The van der Waals surface area contributed by atoms with Gasteiger partial charge in [-0.3, -0.25) is 4.79 Å². The van der Waals surface area contributed by atoms with Crippen LogP contribution < -0.4 is 10.1 Å². The van der Waals surface area contributed by atoms with E-state index in [1.807, 2.05) is 26.0 Å². The second kappa shape index (κ2) is 10.6. The first-order valence-corrected chi connectivity index (χ1v) is 10.3. The van der Waals surface area contributed by atoms with E-state index in [9.17, 15) is 4.79 Å². The number of benzene rings is 1. The Morgan fingerprint density at radius 1 is 1.31 bits per heavy atom. The Morgan fingerprint density at radius 2 is 2.12 bits per heavy atom. The summed E-state index contributed by atoms with van der Waals surface area (Å²) >= 11 is 0. The van der Waals surface area contributed by atoms with Crippen molar-refractivity contribution in [2.45, 2.75) is 78.4 Å². The Morgan fingerprint density at radius 3 is 2.85 bits per heavy atom. The fraction of sp³-hybridized carbons (Fsp3) is 0.682. The smallest absolute Gasteiger partial charge is 0.261 e. The summed E-state index contributed by atoms with van der Waals surface area (Å²) in [6.45, 7) is 11.4. The number of carbonyl (C=O) groups excluding carboxylic acids is 1. The lowest BCUT2D eigenvalue weighted by molar-refractivity contribution is -0.128. The second-order valence-corrected chi connectivity index (χ2v) is 7.45. The number of hydrogen-bond acceptors (Lipinski definition) is 3. The number of nitrogens with one attached hydrogen (secondary N) is 1. The first-order chi connectivity index (χ1) is 12.6. The first kappa shape index (κ1) is 20.8. The van der Waals surface area contributed by atoms with Crippen molar-refractivity contribution >= 4 is 5.91 Å². The van der Waals surface area contributed by atoms with Crippen LogP contribution in [-0.4, -0.2) is 42.6 Å². The summed E-state index contributed by atoms with van der Waals surface area (Å²) in [7, 11) is 0. The van der Waals surface area contributed by atoms with E-state index >= 15 is 0 Å². The molecule has 1 aromatic rings. The molecule has 0 radical (unpaired) electrons. The maximum absolute atomic E-state index is 12.5. The summed E-state index contributed by atoms with van der Waals surface area (Å²) in [5.41, 5.74) is 2.29.